The highest BCUT2D eigenvalue weighted by molar-refractivity contribution is 5.93. The van der Waals surface area contributed by atoms with Crippen LogP contribution in [-0.2, 0) is 6.54 Å². The molecule has 9 heteroatoms. The molecule has 2 heterocycles. The van der Waals surface area contributed by atoms with E-state index in [1.165, 1.54) is 18.2 Å². The van der Waals surface area contributed by atoms with Gasteiger partial charge in [0.2, 0.25) is 0 Å². The second kappa shape index (κ2) is 7.90. The van der Waals surface area contributed by atoms with Crippen LogP contribution in [0.2, 0.25) is 0 Å². The summed E-state index contributed by atoms with van der Waals surface area (Å²) in [6, 6.07) is 11.0. The van der Waals surface area contributed by atoms with E-state index in [1.807, 2.05) is 0 Å². The minimum absolute atomic E-state index is 0.0972. The van der Waals surface area contributed by atoms with Crippen molar-refractivity contribution in [2.24, 2.45) is 0 Å². The molecule has 0 saturated heterocycles. The lowest BCUT2D eigenvalue weighted by Gasteiger charge is -2.09. The third-order valence-electron chi connectivity index (χ3n) is 3.47. The molecular weight excluding hydrogens is 363 g/mol. The number of amides is 1. The van der Waals surface area contributed by atoms with Crippen molar-refractivity contribution in [3.63, 3.8) is 0 Å². The summed E-state index contributed by atoms with van der Waals surface area (Å²) in [5.41, 5.74) is 1.50. The van der Waals surface area contributed by atoms with Crippen LogP contribution >= 0.6 is 0 Å². The molecule has 140 valence electrons. The number of benzene rings is 1. The van der Waals surface area contributed by atoms with Crippen molar-refractivity contribution in [3.05, 3.63) is 66.1 Å². The number of hydrogen-bond acceptors (Lipinski definition) is 5. The molecular formula is C18H14F3N3O3. The van der Waals surface area contributed by atoms with Gasteiger partial charge in [-0.05, 0) is 29.8 Å². The number of aromatic nitrogens is 2. The standard InChI is InChI=1S/C18H14F3N3O3/c19-18(20,21)11-26-14-5-3-12(4-6-14)9-23-17(25)15-8-16(27-24-15)13-2-1-7-22-10-13/h1-8,10H,9,11H2,(H,23,25). The lowest BCUT2D eigenvalue weighted by atomic mass is 10.2. The quantitative estimate of drug-likeness (QED) is 0.710. The van der Waals surface area contributed by atoms with Crippen molar-refractivity contribution in [1.29, 1.82) is 0 Å². The van der Waals surface area contributed by atoms with E-state index >= 15 is 0 Å². The number of halogens is 3. The number of ether oxygens (including phenoxy) is 1. The normalized spacial score (nSPS) is 11.2. The molecule has 3 aromatic rings. The van der Waals surface area contributed by atoms with E-state index in [9.17, 15) is 18.0 Å². The van der Waals surface area contributed by atoms with Gasteiger partial charge >= 0.3 is 6.18 Å². The fraction of sp³-hybridized carbons (Fsp3) is 0.167. The molecule has 0 aliphatic heterocycles. The number of nitrogens with one attached hydrogen (secondary N) is 1. The van der Waals surface area contributed by atoms with Gasteiger partial charge in [-0.2, -0.15) is 13.2 Å². The Kier molecular flexibility index (Phi) is 5.39. The van der Waals surface area contributed by atoms with E-state index in [0.29, 0.717) is 16.9 Å². The first-order valence-electron chi connectivity index (χ1n) is 7.84. The third-order valence-corrected chi connectivity index (χ3v) is 3.47. The van der Waals surface area contributed by atoms with Gasteiger partial charge < -0.3 is 14.6 Å². The summed E-state index contributed by atoms with van der Waals surface area (Å²) >= 11 is 0. The molecule has 0 aliphatic rings. The third kappa shape index (κ3) is 5.30. The van der Waals surface area contributed by atoms with Gasteiger partial charge in [0, 0.05) is 30.6 Å². The lowest BCUT2D eigenvalue weighted by molar-refractivity contribution is -0.153. The van der Waals surface area contributed by atoms with Crippen molar-refractivity contribution in [2.75, 3.05) is 6.61 Å². The fourth-order valence-corrected chi connectivity index (χ4v) is 2.17. The molecule has 0 bridgehead atoms. The van der Waals surface area contributed by atoms with Crippen LogP contribution in [0.3, 0.4) is 0 Å². The Bertz CT molecular complexity index is 893. The molecule has 1 aromatic carbocycles. The van der Waals surface area contributed by atoms with Gasteiger partial charge in [-0.1, -0.05) is 17.3 Å². The average molecular weight is 377 g/mol. The molecule has 0 fully saturated rings. The molecule has 0 spiro atoms. The van der Waals surface area contributed by atoms with Crippen LogP contribution in [0.15, 0.2) is 59.4 Å². The topological polar surface area (TPSA) is 77.2 Å². The Hall–Kier alpha value is -3.36. The fourth-order valence-electron chi connectivity index (χ4n) is 2.17. The van der Waals surface area contributed by atoms with Crippen molar-refractivity contribution in [3.8, 4) is 17.1 Å². The minimum atomic E-state index is -4.39. The SMILES string of the molecule is O=C(NCc1ccc(OCC(F)(F)F)cc1)c1cc(-c2cccnc2)on1. The number of carbonyl (C=O) groups is 1. The van der Waals surface area contributed by atoms with Gasteiger partial charge in [0.1, 0.15) is 5.75 Å². The number of alkyl halides is 3. The molecule has 0 atom stereocenters. The molecule has 0 aliphatic carbocycles. The second-order valence-electron chi connectivity index (χ2n) is 5.55. The average Bonchev–Trinajstić information content (AvgIpc) is 3.16. The molecule has 0 unspecified atom stereocenters. The Morgan fingerprint density at radius 2 is 1.96 bits per heavy atom. The van der Waals surface area contributed by atoms with Gasteiger partial charge in [-0.3, -0.25) is 9.78 Å². The molecule has 27 heavy (non-hydrogen) atoms. The predicted octanol–water partition coefficient (Wildman–Crippen LogP) is 3.61. The van der Waals surface area contributed by atoms with Crippen molar-refractivity contribution >= 4 is 5.91 Å². The maximum Gasteiger partial charge on any atom is 0.422 e. The Balaban J connectivity index is 1.54. The zero-order chi connectivity index (χ0) is 19.3. The summed E-state index contributed by atoms with van der Waals surface area (Å²) in [6.07, 6.45) is -1.18. The second-order valence-corrected chi connectivity index (χ2v) is 5.55. The van der Waals surface area contributed by atoms with E-state index in [1.54, 1.807) is 36.7 Å². The van der Waals surface area contributed by atoms with Crippen LogP contribution in [-0.4, -0.2) is 28.8 Å². The number of hydrogen-bond donors (Lipinski definition) is 1. The van der Waals surface area contributed by atoms with Crippen molar-refractivity contribution in [1.82, 2.24) is 15.5 Å². The van der Waals surface area contributed by atoms with Crippen LogP contribution in [0.5, 0.6) is 5.75 Å². The summed E-state index contributed by atoms with van der Waals surface area (Å²) in [7, 11) is 0. The van der Waals surface area contributed by atoms with Gasteiger partial charge in [0.15, 0.2) is 18.1 Å². The van der Waals surface area contributed by atoms with E-state index < -0.39 is 18.7 Å². The minimum Gasteiger partial charge on any atom is -0.484 e. The summed E-state index contributed by atoms with van der Waals surface area (Å²) in [4.78, 5) is 16.1. The highest BCUT2D eigenvalue weighted by Gasteiger charge is 2.28. The summed E-state index contributed by atoms with van der Waals surface area (Å²) in [5.74, 6) is 0.0747. The maximum absolute atomic E-state index is 12.1. The zero-order valence-corrected chi connectivity index (χ0v) is 13.9. The van der Waals surface area contributed by atoms with E-state index in [2.05, 4.69) is 20.2 Å². The molecule has 6 nitrogen and oxygen atoms in total. The largest absolute Gasteiger partial charge is 0.484 e. The summed E-state index contributed by atoms with van der Waals surface area (Å²) < 4.78 is 46.1. The van der Waals surface area contributed by atoms with Gasteiger partial charge in [-0.25, -0.2) is 0 Å². The first kappa shape index (κ1) is 18.4. The zero-order valence-electron chi connectivity index (χ0n) is 13.9. The number of carbonyl (C=O) groups excluding carboxylic acids is 1. The van der Waals surface area contributed by atoms with Gasteiger partial charge in [0.25, 0.3) is 5.91 Å². The summed E-state index contributed by atoms with van der Waals surface area (Å²) in [5, 5.41) is 6.38. The molecule has 1 N–H and O–H groups in total. The number of pyridine rings is 1. The predicted molar refractivity (Wildman–Crippen MR) is 88.9 cm³/mol. The lowest BCUT2D eigenvalue weighted by Crippen LogP contribution is -2.23. The van der Waals surface area contributed by atoms with E-state index in [4.69, 9.17) is 4.52 Å². The van der Waals surface area contributed by atoms with E-state index in [0.717, 1.165) is 0 Å². The highest BCUT2D eigenvalue weighted by Crippen LogP contribution is 2.20. The van der Waals surface area contributed by atoms with Gasteiger partial charge in [-0.15, -0.1) is 0 Å². The number of rotatable bonds is 6. The molecule has 2 aromatic heterocycles. The highest BCUT2D eigenvalue weighted by atomic mass is 19.4. The van der Waals surface area contributed by atoms with Gasteiger partial charge in [0.05, 0.1) is 0 Å². The Morgan fingerprint density at radius 3 is 2.63 bits per heavy atom. The maximum atomic E-state index is 12.1. The monoisotopic (exact) mass is 377 g/mol. The number of nitrogens with zero attached hydrogens (tertiary/aromatic N) is 2. The summed E-state index contributed by atoms with van der Waals surface area (Å²) in [6.45, 7) is -1.18. The Morgan fingerprint density at radius 1 is 1.19 bits per heavy atom. The van der Waals surface area contributed by atoms with Crippen molar-refractivity contribution < 1.29 is 27.2 Å². The van der Waals surface area contributed by atoms with Crippen molar-refractivity contribution in [2.45, 2.75) is 12.7 Å². The molecule has 3 rings (SSSR count). The molecule has 1 amide bonds. The van der Waals surface area contributed by atoms with Crippen LogP contribution in [0.1, 0.15) is 16.1 Å². The van der Waals surface area contributed by atoms with Crippen LogP contribution < -0.4 is 10.1 Å². The van der Waals surface area contributed by atoms with Crippen LogP contribution in [0.25, 0.3) is 11.3 Å². The Labute approximate surface area is 152 Å². The molecule has 0 saturated carbocycles. The van der Waals surface area contributed by atoms with Crippen LogP contribution in [0, 0.1) is 0 Å². The molecule has 0 radical (unpaired) electrons. The van der Waals surface area contributed by atoms with E-state index in [-0.39, 0.29) is 18.0 Å². The van der Waals surface area contributed by atoms with Crippen LogP contribution in [0.4, 0.5) is 13.2 Å². The smallest absolute Gasteiger partial charge is 0.422 e. The first-order valence-corrected chi connectivity index (χ1v) is 7.84. The first-order chi connectivity index (χ1) is 12.9.